The van der Waals surface area contributed by atoms with Crippen molar-refractivity contribution < 1.29 is 13.2 Å². The molecular formula is C23H23NO3S. The summed E-state index contributed by atoms with van der Waals surface area (Å²) in [7, 11) is -3.71. The van der Waals surface area contributed by atoms with Crippen LogP contribution in [0, 0.1) is 6.92 Å². The molecule has 4 rings (SSSR count). The fourth-order valence-electron chi connectivity index (χ4n) is 3.59. The lowest BCUT2D eigenvalue weighted by atomic mass is 10.1. The van der Waals surface area contributed by atoms with Crippen LogP contribution < -0.4 is 0 Å². The molecule has 1 fully saturated rings. The lowest BCUT2D eigenvalue weighted by Crippen LogP contribution is -2.39. The molecule has 4 nitrogen and oxygen atoms in total. The lowest BCUT2D eigenvalue weighted by molar-refractivity contribution is 0.0688. The molecule has 3 aromatic rings. The molecule has 3 aromatic carbocycles. The molecule has 1 saturated heterocycles. The Morgan fingerprint density at radius 2 is 1.50 bits per heavy atom. The van der Waals surface area contributed by atoms with Gasteiger partial charge in [-0.15, -0.1) is 0 Å². The zero-order valence-corrected chi connectivity index (χ0v) is 16.5. The fraction of sp³-hybridized carbons (Fsp3) is 0.217. The summed E-state index contributed by atoms with van der Waals surface area (Å²) in [5.41, 5.74) is 3.01. The van der Waals surface area contributed by atoms with E-state index >= 15 is 0 Å². The maximum atomic E-state index is 13.6. The largest absolute Gasteiger partial charge is 0.360 e. The van der Waals surface area contributed by atoms with E-state index in [1.54, 1.807) is 16.4 Å². The Labute approximate surface area is 166 Å². The zero-order valence-electron chi connectivity index (χ0n) is 15.7. The molecule has 0 saturated carbocycles. The van der Waals surface area contributed by atoms with Gasteiger partial charge in [-0.05, 0) is 30.2 Å². The van der Waals surface area contributed by atoms with Gasteiger partial charge in [-0.2, -0.15) is 4.31 Å². The molecule has 1 aliphatic heterocycles. The van der Waals surface area contributed by atoms with E-state index in [1.165, 1.54) is 0 Å². The smallest absolute Gasteiger partial charge is 0.245 e. The molecule has 0 spiro atoms. The molecular weight excluding hydrogens is 370 g/mol. The highest BCUT2D eigenvalue weighted by Crippen LogP contribution is 2.37. The van der Waals surface area contributed by atoms with Crippen LogP contribution in [0.4, 0.5) is 0 Å². The van der Waals surface area contributed by atoms with Gasteiger partial charge in [-0.3, -0.25) is 0 Å². The van der Waals surface area contributed by atoms with Crippen LogP contribution >= 0.6 is 0 Å². The van der Waals surface area contributed by atoms with E-state index in [0.29, 0.717) is 17.9 Å². The number of aryl methyl sites for hydroxylation is 1. The fourth-order valence-corrected chi connectivity index (χ4v) is 5.27. The number of hydrogen-bond donors (Lipinski definition) is 0. The monoisotopic (exact) mass is 393 g/mol. The third kappa shape index (κ3) is 3.74. The molecule has 5 heteroatoms. The van der Waals surface area contributed by atoms with Crippen LogP contribution in [0.25, 0.3) is 0 Å². The van der Waals surface area contributed by atoms with E-state index < -0.39 is 16.3 Å². The van der Waals surface area contributed by atoms with Gasteiger partial charge in [0.25, 0.3) is 0 Å². The van der Waals surface area contributed by atoms with Crippen molar-refractivity contribution in [2.45, 2.75) is 30.5 Å². The van der Waals surface area contributed by atoms with Crippen LogP contribution in [-0.4, -0.2) is 25.6 Å². The van der Waals surface area contributed by atoms with Gasteiger partial charge < -0.3 is 4.74 Å². The lowest BCUT2D eigenvalue weighted by Gasteiger charge is -2.28. The van der Waals surface area contributed by atoms with Crippen molar-refractivity contribution in [3.8, 4) is 0 Å². The first-order valence-corrected chi connectivity index (χ1v) is 10.8. The molecule has 0 aromatic heterocycles. The molecule has 2 atom stereocenters. The van der Waals surface area contributed by atoms with Crippen LogP contribution in [0.2, 0.25) is 0 Å². The summed E-state index contributed by atoms with van der Waals surface area (Å²) in [6.45, 7) is 2.28. The molecule has 1 aliphatic rings. The van der Waals surface area contributed by atoms with Crippen LogP contribution in [0.3, 0.4) is 0 Å². The normalized spacial score (nSPS) is 20.3. The second-order valence-corrected chi connectivity index (χ2v) is 8.90. The van der Waals surface area contributed by atoms with Gasteiger partial charge in [0.2, 0.25) is 10.0 Å². The SMILES string of the molecule is Cc1ccc(S(=O)(=O)N2[C@H](Cc3ccccc3)OC[C@@H]2c2ccccc2)cc1. The van der Waals surface area contributed by atoms with E-state index in [0.717, 1.165) is 16.7 Å². The van der Waals surface area contributed by atoms with Crippen LogP contribution in [0.5, 0.6) is 0 Å². The van der Waals surface area contributed by atoms with E-state index in [2.05, 4.69) is 0 Å². The number of benzene rings is 3. The molecule has 144 valence electrons. The molecule has 28 heavy (non-hydrogen) atoms. The Bertz CT molecular complexity index is 1020. The first-order chi connectivity index (χ1) is 13.6. The highest BCUT2D eigenvalue weighted by molar-refractivity contribution is 7.89. The van der Waals surface area contributed by atoms with Gasteiger partial charge in [0, 0.05) is 6.42 Å². The predicted octanol–water partition coefficient (Wildman–Crippen LogP) is 4.33. The molecule has 0 bridgehead atoms. The van der Waals surface area contributed by atoms with Crippen molar-refractivity contribution in [2.75, 3.05) is 6.61 Å². The molecule has 0 unspecified atom stereocenters. The van der Waals surface area contributed by atoms with Gasteiger partial charge in [0.15, 0.2) is 0 Å². The summed E-state index contributed by atoms with van der Waals surface area (Å²) in [5, 5.41) is 0. The Morgan fingerprint density at radius 1 is 0.893 bits per heavy atom. The Hall–Kier alpha value is -2.47. The van der Waals surface area contributed by atoms with Crippen molar-refractivity contribution in [1.29, 1.82) is 0 Å². The Kier molecular flexibility index (Phi) is 5.31. The quantitative estimate of drug-likeness (QED) is 0.648. The van der Waals surface area contributed by atoms with Gasteiger partial charge >= 0.3 is 0 Å². The van der Waals surface area contributed by atoms with Crippen molar-refractivity contribution in [3.63, 3.8) is 0 Å². The first-order valence-electron chi connectivity index (χ1n) is 9.36. The predicted molar refractivity (Wildman–Crippen MR) is 109 cm³/mol. The third-order valence-electron chi connectivity index (χ3n) is 5.07. The maximum absolute atomic E-state index is 13.6. The Morgan fingerprint density at radius 3 is 2.14 bits per heavy atom. The average molecular weight is 394 g/mol. The van der Waals surface area contributed by atoms with Crippen LogP contribution in [-0.2, 0) is 21.2 Å². The second-order valence-electron chi connectivity index (χ2n) is 7.05. The van der Waals surface area contributed by atoms with Crippen LogP contribution in [0.1, 0.15) is 22.7 Å². The summed E-state index contributed by atoms with van der Waals surface area (Å²) >= 11 is 0. The third-order valence-corrected chi connectivity index (χ3v) is 6.98. The number of hydrogen-bond acceptors (Lipinski definition) is 3. The summed E-state index contributed by atoms with van der Waals surface area (Å²) in [6.07, 6.45) is -0.0335. The zero-order chi connectivity index (χ0) is 19.6. The number of rotatable bonds is 5. The van der Waals surface area contributed by atoms with Crippen molar-refractivity contribution in [3.05, 3.63) is 102 Å². The topological polar surface area (TPSA) is 46.6 Å². The Balaban J connectivity index is 1.74. The van der Waals surface area contributed by atoms with Gasteiger partial charge in [0.05, 0.1) is 17.5 Å². The molecule has 0 amide bonds. The average Bonchev–Trinajstić information content (AvgIpc) is 3.14. The molecule has 1 heterocycles. The van der Waals surface area contributed by atoms with Crippen molar-refractivity contribution in [1.82, 2.24) is 4.31 Å². The van der Waals surface area contributed by atoms with E-state index in [9.17, 15) is 8.42 Å². The summed E-state index contributed by atoms with van der Waals surface area (Å²) in [6, 6.07) is 26.2. The molecule has 0 radical (unpaired) electrons. The molecule has 0 aliphatic carbocycles. The van der Waals surface area contributed by atoms with Gasteiger partial charge in [-0.25, -0.2) is 8.42 Å². The minimum absolute atomic E-state index is 0.294. The van der Waals surface area contributed by atoms with Gasteiger partial charge in [0.1, 0.15) is 6.23 Å². The van der Waals surface area contributed by atoms with Crippen molar-refractivity contribution in [2.24, 2.45) is 0 Å². The second kappa shape index (κ2) is 7.87. The van der Waals surface area contributed by atoms with Gasteiger partial charge in [-0.1, -0.05) is 78.4 Å². The maximum Gasteiger partial charge on any atom is 0.245 e. The number of sulfonamides is 1. The molecule has 0 N–H and O–H groups in total. The van der Waals surface area contributed by atoms with Crippen molar-refractivity contribution >= 4 is 10.0 Å². The number of ether oxygens (including phenoxy) is 1. The van der Waals surface area contributed by atoms with E-state index in [4.69, 9.17) is 4.74 Å². The highest BCUT2D eigenvalue weighted by Gasteiger charge is 2.43. The summed E-state index contributed by atoms with van der Waals surface area (Å²) in [4.78, 5) is 0.294. The minimum atomic E-state index is -3.71. The number of nitrogens with zero attached hydrogens (tertiary/aromatic N) is 1. The van der Waals surface area contributed by atoms with E-state index in [1.807, 2.05) is 79.7 Å². The highest BCUT2D eigenvalue weighted by atomic mass is 32.2. The standard InChI is InChI=1S/C23H23NO3S/c1-18-12-14-21(15-13-18)28(25,26)24-22(20-10-6-3-7-11-20)17-27-23(24)16-19-8-4-2-5-9-19/h2-15,22-23H,16-17H2,1H3/t22-,23+/m1/s1. The van der Waals surface area contributed by atoms with E-state index in [-0.39, 0.29) is 6.04 Å². The summed E-state index contributed by atoms with van der Waals surface area (Å²) < 4.78 is 34.7. The summed E-state index contributed by atoms with van der Waals surface area (Å²) in [5.74, 6) is 0. The minimum Gasteiger partial charge on any atom is -0.360 e. The first kappa shape index (κ1) is 18.9. The van der Waals surface area contributed by atoms with Crippen LogP contribution in [0.15, 0.2) is 89.8 Å².